The molecule has 0 aromatic heterocycles. The number of hydrogen-bond donors (Lipinski definition) is 1. The number of rotatable bonds is 2. The van der Waals surface area contributed by atoms with Crippen LogP contribution in [0.4, 0.5) is 0 Å². The zero-order chi connectivity index (χ0) is 14.4. The molecule has 5 nitrogen and oxygen atoms in total. The Bertz CT molecular complexity index is 722. The lowest BCUT2D eigenvalue weighted by Gasteiger charge is -2.41. The van der Waals surface area contributed by atoms with Gasteiger partial charge < -0.3 is 10.5 Å². The van der Waals surface area contributed by atoms with Crippen molar-refractivity contribution in [3.63, 3.8) is 0 Å². The summed E-state index contributed by atoms with van der Waals surface area (Å²) in [7, 11) is 0. The van der Waals surface area contributed by atoms with Gasteiger partial charge in [0.05, 0.1) is 5.56 Å². The van der Waals surface area contributed by atoms with Gasteiger partial charge in [0.2, 0.25) is 0 Å². The minimum atomic E-state index is -1.09. The third-order valence-electron chi connectivity index (χ3n) is 3.51. The van der Waals surface area contributed by atoms with Crippen LogP contribution in [-0.4, -0.2) is 12.1 Å². The van der Waals surface area contributed by atoms with Gasteiger partial charge in [-0.2, -0.15) is 0 Å². The van der Waals surface area contributed by atoms with Gasteiger partial charge in [-0.05, 0) is 37.3 Å². The molecule has 106 valence electrons. The van der Waals surface area contributed by atoms with Gasteiger partial charge in [-0.25, -0.2) is 4.99 Å². The smallest absolute Gasteiger partial charge is 0.305 e. The Morgan fingerprint density at radius 2 is 1.86 bits per heavy atom. The van der Waals surface area contributed by atoms with E-state index in [-0.39, 0.29) is 6.29 Å². The summed E-state index contributed by atoms with van der Waals surface area (Å²) >= 11 is 0. The second-order valence-corrected chi connectivity index (χ2v) is 5.00. The molecule has 2 aromatic carbocycles. The standard InChI is InChI=1S/C16H14N2O3/c1-10-20-16(21-10)14-9-12(7-8-13(14)15(17)18-16)19-11-5-3-2-4-6-11/h2-10H,1H3,(H2,17,18). The topological polar surface area (TPSA) is 66.1 Å². The van der Waals surface area contributed by atoms with Crippen molar-refractivity contribution in [1.29, 1.82) is 0 Å². The van der Waals surface area contributed by atoms with Crippen molar-refractivity contribution in [2.45, 2.75) is 19.1 Å². The number of para-hydroxylation sites is 1. The number of ether oxygens (including phenoxy) is 3. The van der Waals surface area contributed by atoms with Gasteiger partial charge in [-0.3, -0.25) is 9.47 Å². The van der Waals surface area contributed by atoms with Crippen molar-refractivity contribution >= 4 is 5.84 Å². The van der Waals surface area contributed by atoms with Crippen LogP contribution in [0, 0.1) is 0 Å². The third kappa shape index (κ3) is 1.90. The molecule has 5 heteroatoms. The Morgan fingerprint density at radius 1 is 1.10 bits per heavy atom. The van der Waals surface area contributed by atoms with Crippen LogP contribution >= 0.6 is 0 Å². The van der Waals surface area contributed by atoms with Crippen LogP contribution in [-0.2, 0) is 15.4 Å². The number of hydrogen-bond acceptors (Lipinski definition) is 5. The van der Waals surface area contributed by atoms with E-state index in [1.54, 1.807) is 0 Å². The largest absolute Gasteiger partial charge is 0.457 e. The summed E-state index contributed by atoms with van der Waals surface area (Å²) in [6.07, 6.45) is -0.286. The molecule has 0 radical (unpaired) electrons. The monoisotopic (exact) mass is 282 g/mol. The summed E-state index contributed by atoms with van der Waals surface area (Å²) < 4.78 is 17.1. The molecule has 0 bridgehead atoms. The molecule has 0 unspecified atom stereocenters. The first-order valence-corrected chi connectivity index (χ1v) is 6.75. The van der Waals surface area contributed by atoms with Gasteiger partial charge in [-0.15, -0.1) is 0 Å². The molecule has 0 amide bonds. The van der Waals surface area contributed by atoms with E-state index in [9.17, 15) is 0 Å². The highest BCUT2D eigenvalue weighted by molar-refractivity contribution is 6.01. The number of aliphatic imine (C=N–C) groups is 1. The highest BCUT2D eigenvalue weighted by atomic mass is 16.9. The van der Waals surface area contributed by atoms with E-state index in [0.29, 0.717) is 11.6 Å². The minimum absolute atomic E-state index is 0.286. The van der Waals surface area contributed by atoms with Crippen molar-refractivity contribution in [1.82, 2.24) is 0 Å². The van der Waals surface area contributed by atoms with Crippen LogP contribution < -0.4 is 10.5 Å². The summed E-state index contributed by atoms with van der Waals surface area (Å²) in [5.41, 5.74) is 7.53. The van der Waals surface area contributed by atoms with Gasteiger partial charge in [0.25, 0.3) is 0 Å². The van der Waals surface area contributed by atoms with Crippen LogP contribution in [0.15, 0.2) is 53.5 Å². The number of amidine groups is 1. The normalized spacial score (nSPS) is 26.1. The predicted molar refractivity (Wildman–Crippen MR) is 77.0 cm³/mol. The molecule has 0 atom stereocenters. The lowest BCUT2D eigenvalue weighted by atomic mass is 10.1. The molecule has 1 spiro atoms. The molecule has 4 rings (SSSR count). The molecule has 2 aromatic rings. The van der Waals surface area contributed by atoms with Crippen LogP contribution in [0.2, 0.25) is 0 Å². The average Bonchev–Trinajstić information content (AvgIpc) is 2.73. The molecule has 21 heavy (non-hydrogen) atoms. The Morgan fingerprint density at radius 3 is 2.57 bits per heavy atom. The summed E-state index contributed by atoms with van der Waals surface area (Å²) in [5.74, 6) is 0.788. The molecule has 0 aliphatic carbocycles. The van der Waals surface area contributed by atoms with E-state index in [0.717, 1.165) is 16.9 Å². The van der Waals surface area contributed by atoms with Crippen LogP contribution in [0.3, 0.4) is 0 Å². The fourth-order valence-electron chi connectivity index (χ4n) is 2.61. The molecular weight excluding hydrogens is 268 g/mol. The Hall–Kier alpha value is -2.37. The first kappa shape index (κ1) is 12.4. The Labute approximate surface area is 122 Å². The zero-order valence-corrected chi connectivity index (χ0v) is 11.4. The molecule has 1 saturated heterocycles. The summed E-state index contributed by atoms with van der Waals surface area (Å²) in [6, 6.07) is 15.2. The molecular formula is C16H14N2O3. The van der Waals surface area contributed by atoms with E-state index in [1.165, 1.54) is 0 Å². The van der Waals surface area contributed by atoms with Gasteiger partial charge in [0, 0.05) is 5.56 Å². The first-order chi connectivity index (χ1) is 10.2. The number of nitrogens with two attached hydrogens (primary N) is 1. The lowest BCUT2D eigenvalue weighted by Crippen LogP contribution is -2.47. The second-order valence-electron chi connectivity index (χ2n) is 5.00. The highest BCUT2D eigenvalue weighted by Gasteiger charge is 2.52. The van der Waals surface area contributed by atoms with Crippen molar-refractivity contribution in [2.24, 2.45) is 10.7 Å². The minimum Gasteiger partial charge on any atom is -0.457 e. The van der Waals surface area contributed by atoms with Crippen molar-refractivity contribution in [3.8, 4) is 11.5 Å². The van der Waals surface area contributed by atoms with Gasteiger partial charge in [0.15, 0.2) is 6.29 Å². The molecule has 1 fully saturated rings. The maximum Gasteiger partial charge on any atom is 0.305 e. The van der Waals surface area contributed by atoms with E-state index in [4.69, 9.17) is 19.9 Å². The lowest BCUT2D eigenvalue weighted by molar-refractivity contribution is -0.451. The molecule has 2 heterocycles. The molecule has 2 aliphatic rings. The summed E-state index contributed by atoms with van der Waals surface area (Å²) in [4.78, 5) is 4.29. The number of benzene rings is 2. The van der Waals surface area contributed by atoms with Crippen molar-refractivity contribution < 1.29 is 14.2 Å². The van der Waals surface area contributed by atoms with E-state index < -0.39 is 5.91 Å². The number of nitrogens with zero attached hydrogens (tertiary/aromatic N) is 1. The quantitative estimate of drug-likeness (QED) is 0.919. The Balaban J connectivity index is 1.69. The van der Waals surface area contributed by atoms with Gasteiger partial charge in [-0.1, -0.05) is 18.2 Å². The fraction of sp³-hybridized carbons (Fsp3) is 0.188. The van der Waals surface area contributed by atoms with Crippen LogP contribution in [0.5, 0.6) is 11.5 Å². The van der Waals surface area contributed by atoms with Crippen molar-refractivity contribution in [3.05, 3.63) is 59.7 Å². The average molecular weight is 282 g/mol. The number of fused-ring (bicyclic) bond motifs is 2. The first-order valence-electron chi connectivity index (χ1n) is 6.75. The van der Waals surface area contributed by atoms with Crippen LogP contribution in [0.1, 0.15) is 18.1 Å². The Kier molecular flexibility index (Phi) is 2.54. The van der Waals surface area contributed by atoms with Crippen LogP contribution in [0.25, 0.3) is 0 Å². The molecule has 2 N–H and O–H groups in total. The SMILES string of the molecule is CC1OC2(N=C(N)c3ccc(Oc4ccccc4)cc32)O1. The maximum absolute atomic E-state index is 5.93. The fourth-order valence-corrected chi connectivity index (χ4v) is 2.61. The van der Waals surface area contributed by atoms with Crippen molar-refractivity contribution in [2.75, 3.05) is 0 Å². The zero-order valence-electron chi connectivity index (χ0n) is 11.4. The molecule has 2 aliphatic heterocycles. The third-order valence-corrected chi connectivity index (χ3v) is 3.51. The predicted octanol–water partition coefficient (Wildman–Crippen LogP) is 2.70. The van der Waals surface area contributed by atoms with Gasteiger partial charge >= 0.3 is 5.91 Å². The van der Waals surface area contributed by atoms with Gasteiger partial charge in [0.1, 0.15) is 17.3 Å². The highest BCUT2D eigenvalue weighted by Crippen LogP contribution is 2.46. The summed E-state index contributed by atoms with van der Waals surface area (Å²) in [5, 5.41) is 0. The second kappa shape index (κ2) is 4.31. The van der Waals surface area contributed by atoms with E-state index >= 15 is 0 Å². The van der Waals surface area contributed by atoms with E-state index in [2.05, 4.69) is 4.99 Å². The maximum atomic E-state index is 5.93. The van der Waals surface area contributed by atoms with E-state index in [1.807, 2.05) is 55.5 Å². The summed E-state index contributed by atoms with van der Waals surface area (Å²) in [6.45, 7) is 1.82. The molecule has 0 saturated carbocycles.